The van der Waals surface area contributed by atoms with E-state index in [0.29, 0.717) is 5.69 Å². The van der Waals surface area contributed by atoms with Crippen LogP contribution in [0.2, 0.25) is 0 Å². The van der Waals surface area contributed by atoms with Crippen LogP contribution >= 0.6 is 11.3 Å². The summed E-state index contributed by atoms with van der Waals surface area (Å²) in [6.45, 7) is 0. The second kappa shape index (κ2) is 4.44. The van der Waals surface area contributed by atoms with Crippen molar-refractivity contribution in [1.82, 2.24) is 0 Å². The number of nitrogens with two attached hydrogens (primary N) is 1. The fraction of sp³-hybridized carbons (Fsp3) is 0.0667. The highest BCUT2D eigenvalue weighted by atomic mass is 32.1. The number of benzene rings is 2. The lowest BCUT2D eigenvalue weighted by Gasteiger charge is -2.14. The van der Waals surface area contributed by atoms with Gasteiger partial charge in [-0.15, -0.1) is 11.3 Å². The quantitative estimate of drug-likeness (QED) is 0.688. The number of hydrogen-bond donors (Lipinski definition) is 2. The van der Waals surface area contributed by atoms with E-state index < -0.39 is 6.10 Å². The lowest BCUT2D eigenvalue weighted by Crippen LogP contribution is -2.03. The Morgan fingerprint density at radius 3 is 2.56 bits per heavy atom. The van der Waals surface area contributed by atoms with Crippen molar-refractivity contribution >= 4 is 27.1 Å². The molecule has 3 rings (SSSR count). The zero-order chi connectivity index (χ0) is 12.5. The van der Waals surface area contributed by atoms with Crippen LogP contribution in [-0.4, -0.2) is 5.11 Å². The lowest BCUT2D eigenvalue weighted by molar-refractivity contribution is 0.223. The molecule has 2 nitrogen and oxygen atoms in total. The van der Waals surface area contributed by atoms with Crippen molar-refractivity contribution in [3.63, 3.8) is 0 Å². The third-order valence-corrected chi connectivity index (χ3v) is 4.07. The Morgan fingerprint density at radius 1 is 0.944 bits per heavy atom. The highest BCUT2D eigenvalue weighted by Gasteiger charge is 2.16. The molecule has 0 fully saturated rings. The van der Waals surface area contributed by atoms with Gasteiger partial charge in [-0.1, -0.05) is 36.4 Å². The molecular formula is C15H13NOS. The van der Waals surface area contributed by atoms with E-state index in [1.54, 1.807) is 11.3 Å². The van der Waals surface area contributed by atoms with Gasteiger partial charge >= 0.3 is 0 Å². The van der Waals surface area contributed by atoms with E-state index >= 15 is 0 Å². The number of rotatable bonds is 2. The molecule has 1 unspecified atom stereocenters. The second-order valence-corrected chi connectivity index (χ2v) is 5.13. The molecule has 0 aliphatic heterocycles. The maximum atomic E-state index is 10.5. The third kappa shape index (κ3) is 1.78. The first-order chi connectivity index (χ1) is 8.77. The molecule has 3 N–H and O–H groups in total. The molecule has 3 heteroatoms. The maximum absolute atomic E-state index is 10.5. The second-order valence-electron chi connectivity index (χ2n) is 4.22. The van der Waals surface area contributed by atoms with E-state index in [0.717, 1.165) is 21.2 Å². The molecule has 2 aromatic carbocycles. The van der Waals surface area contributed by atoms with Gasteiger partial charge in [0, 0.05) is 21.5 Å². The zero-order valence-electron chi connectivity index (χ0n) is 9.71. The van der Waals surface area contributed by atoms with Crippen molar-refractivity contribution in [2.45, 2.75) is 6.10 Å². The standard InChI is InChI=1S/C15H13NOS/c16-13-7-2-1-5-11(13)14(17)12-6-3-4-10-8-9-18-15(10)12/h1-9,14,17H,16H2. The molecule has 18 heavy (non-hydrogen) atoms. The molecule has 0 amide bonds. The van der Waals surface area contributed by atoms with Crippen molar-refractivity contribution in [2.75, 3.05) is 5.73 Å². The zero-order valence-corrected chi connectivity index (χ0v) is 10.5. The number of para-hydroxylation sites is 1. The van der Waals surface area contributed by atoms with Crippen LogP contribution in [0, 0.1) is 0 Å². The van der Waals surface area contributed by atoms with Crippen LogP contribution in [0.5, 0.6) is 0 Å². The SMILES string of the molecule is Nc1ccccc1C(O)c1cccc2ccsc12. The Hall–Kier alpha value is -1.84. The summed E-state index contributed by atoms with van der Waals surface area (Å²) in [5.74, 6) is 0. The highest BCUT2D eigenvalue weighted by Crippen LogP contribution is 2.33. The predicted molar refractivity (Wildman–Crippen MR) is 76.7 cm³/mol. The highest BCUT2D eigenvalue weighted by molar-refractivity contribution is 7.17. The molecule has 90 valence electrons. The molecule has 0 saturated carbocycles. The van der Waals surface area contributed by atoms with Gasteiger partial charge in [0.2, 0.25) is 0 Å². The van der Waals surface area contributed by atoms with Crippen molar-refractivity contribution in [1.29, 1.82) is 0 Å². The number of aliphatic hydroxyl groups is 1. The maximum Gasteiger partial charge on any atom is 0.107 e. The lowest BCUT2D eigenvalue weighted by atomic mass is 9.99. The summed E-state index contributed by atoms with van der Waals surface area (Å²) in [5, 5.41) is 13.7. The van der Waals surface area contributed by atoms with Crippen molar-refractivity contribution < 1.29 is 5.11 Å². The van der Waals surface area contributed by atoms with E-state index in [1.165, 1.54) is 0 Å². The molecule has 0 saturated heterocycles. The summed E-state index contributed by atoms with van der Waals surface area (Å²) in [7, 11) is 0. The molecule has 1 atom stereocenters. The topological polar surface area (TPSA) is 46.2 Å². The molecule has 1 aromatic heterocycles. The van der Waals surface area contributed by atoms with Gasteiger partial charge in [-0.3, -0.25) is 0 Å². The average molecular weight is 255 g/mol. The smallest absolute Gasteiger partial charge is 0.107 e. The summed E-state index contributed by atoms with van der Waals surface area (Å²) < 4.78 is 1.12. The van der Waals surface area contributed by atoms with Crippen molar-refractivity contribution in [3.05, 3.63) is 65.0 Å². The Balaban J connectivity index is 2.15. The number of thiophene rings is 1. The van der Waals surface area contributed by atoms with Gasteiger partial charge in [0.25, 0.3) is 0 Å². The molecule has 0 radical (unpaired) electrons. The van der Waals surface area contributed by atoms with Crippen LogP contribution in [0.1, 0.15) is 17.2 Å². The molecule has 0 aliphatic rings. The molecule has 0 spiro atoms. The van der Waals surface area contributed by atoms with Crippen LogP contribution in [0.3, 0.4) is 0 Å². The Bertz CT molecular complexity index is 690. The minimum atomic E-state index is -0.673. The van der Waals surface area contributed by atoms with Gasteiger partial charge in [-0.2, -0.15) is 0 Å². The van der Waals surface area contributed by atoms with Gasteiger partial charge < -0.3 is 10.8 Å². The normalized spacial score (nSPS) is 12.7. The van der Waals surface area contributed by atoms with Crippen LogP contribution in [0.15, 0.2) is 53.9 Å². The molecule has 0 aliphatic carbocycles. The van der Waals surface area contributed by atoms with E-state index in [2.05, 4.69) is 12.1 Å². The van der Waals surface area contributed by atoms with Crippen molar-refractivity contribution in [3.8, 4) is 0 Å². The average Bonchev–Trinajstić information content (AvgIpc) is 2.86. The Morgan fingerprint density at radius 2 is 1.72 bits per heavy atom. The molecule has 3 aromatic rings. The largest absolute Gasteiger partial charge is 0.398 e. The first-order valence-corrected chi connectivity index (χ1v) is 6.64. The van der Waals surface area contributed by atoms with Crippen LogP contribution in [0.25, 0.3) is 10.1 Å². The van der Waals surface area contributed by atoms with Crippen molar-refractivity contribution in [2.24, 2.45) is 0 Å². The summed E-state index contributed by atoms with van der Waals surface area (Å²) in [6, 6.07) is 15.5. The molecule has 1 heterocycles. The fourth-order valence-corrected chi connectivity index (χ4v) is 3.10. The van der Waals surface area contributed by atoms with Crippen LogP contribution < -0.4 is 5.73 Å². The number of aliphatic hydroxyl groups excluding tert-OH is 1. The van der Waals surface area contributed by atoms with Gasteiger partial charge in [0.1, 0.15) is 6.10 Å². The van der Waals surface area contributed by atoms with E-state index in [1.807, 2.05) is 41.8 Å². The molecular weight excluding hydrogens is 242 g/mol. The third-order valence-electron chi connectivity index (χ3n) is 3.09. The molecule has 0 bridgehead atoms. The number of anilines is 1. The van der Waals surface area contributed by atoms with Gasteiger partial charge in [0.15, 0.2) is 0 Å². The number of hydrogen-bond acceptors (Lipinski definition) is 3. The van der Waals surface area contributed by atoms with E-state index in [4.69, 9.17) is 5.73 Å². The van der Waals surface area contributed by atoms with Crippen LogP contribution in [0.4, 0.5) is 5.69 Å². The van der Waals surface area contributed by atoms with Gasteiger partial charge in [-0.05, 0) is 22.9 Å². The minimum Gasteiger partial charge on any atom is -0.398 e. The number of nitrogen functional groups attached to an aromatic ring is 1. The fourth-order valence-electron chi connectivity index (χ4n) is 2.16. The van der Waals surface area contributed by atoms with Crippen LogP contribution in [-0.2, 0) is 0 Å². The summed E-state index contributed by atoms with van der Waals surface area (Å²) >= 11 is 1.64. The van der Waals surface area contributed by atoms with E-state index in [-0.39, 0.29) is 0 Å². The predicted octanol–water partition coefficient (Wildman–Crippen LogP) is 3.57. The first kappa shape index (κ1) is 11.3. The summed E-state index contributed by atoms with van der Waals surface area (Å²) in [4.78, 5) is 0. The summed E-state index contributed by atoms with van der Waals surface area (Å²) in [5.41, 5.74) is 8.22. The first-order valence-electron chi connectivity index (χ1n) is 5.76. The van der Waals surface area contributed by atoms with Gasteiger partial charge in [0.05, 0.1) is 0 Å². The Kier molecular flexibility index (Phi) is 2.78. The van der Waals surface area contributed by atoms with Gasteiger partial charge in [-0.25, -0.2) is 0 Å². The Labute approximate surface area is 109 Å². The van der Waals surface area contributed by atoms with E-state index in [9.17, 15) is 5.11 Å². The summed E-state index contributed by atoms with van der Waals surface area (Å²) in [6.07, 6.45) is -0.673. The minimum absolute atomic E-state index is 0.624. The number of fused-ring (bicyclic) bond motifs is 1. The monoisotopic (exact) mass is 255 g/mol.